The van der Waals surface area contributed by atoms with E-state index in [0.29, 0.717) is 6.04 Å². The quantitative estimate of drug-likeness (QED) is 0.914. The van der Waals surface area contributed by atoms with Crippen molar-refractivity contribution >= 4 is 5.97 Å². The van der Waals surface area contributed by atoms with Crippen LogP contribution in [0.2, 0.25) is 0 Å². The highest BCUT2D eigenvalue weighted by atomic mass is 16.4. The summed E-state index contributed by atoms with van der Waals surface area (Å²) < 4.78 is 0. The summed E-state index contributed by atoms with van der Waals surface area (Å²) in [7, 11) is 0. The summed E-state index contributed by atoms with van der Waals surface area (Å²) in [5.41, 5.74) is 3.28. The molecule has 3 aliphatic rings. The van der Waals surface area contributed by atoms with E-state index in [4.69, 9.17) is 0 Å². The largest absolute Gasteiger partial charge is 0.480 e. The molecule has 0 unspecified atom stereocenters. The van der Waals surface area contributed by atoms with Gasteiger partial charge in [0, 0.05) is 12.6 Å². The second kappa shape index (κ2) is 6.73. The number of carboxylic acid groups (broad SMARTS) is 1. The summed E-state index contributed by atoms with van der Waals surface area (Å²) >= 11 is 0. The highest BCUT2D eigenvalue weighted by Gasteiger charge is 2.48. The van der Waals surface area contributed by atoms with Gasteiger partial charge in [0.15, 0.2) is 0 Å². The first-order valence-electron chi connectivity index (χ1n) is 9.88. The molecule has 1 aromatic rings. The molecule has 25 heavy (non-hydrogen) atoms. The summed E-state index contributed by atoms with van der Waals surface area (Å²) in [5.74, 6) is -0.626. The molecule has 4 nitrogen and oxygen atoms in total. The Hall–Kier alpha value is -1.39. The zero-order chi connectivity index (χ0) is 17.4. The summed E-state index contributed by atoms with van der Waals surface area (Å²) in [6, 6.07) is 9.24. The molecule has 1 atom stereocenters. The van der Waals surface area contributed by atoms with Crippen LogP contribution in [0.25, 0.3) is 0 Å². The lowest BCUT2D eigenvalue weighted by atomic mass is 9.76. The van der Waals surface area contributed by atoms with Gasteiger partial charge in [-0.15, -0.1) is 0 Å². The number of hydrogen-bond acceptors (Lipinski definition) is 3. The van der Waals surface area contributed by atoms with Crippen LogP contribution in [0.3, 0.4) is 0 Å². The maximum Gasteiger partial charge on any atom is 0.320 e. The number of piperidine rings is 1. The van der Waals surface area contributed by atoms with E-state index in [1.807, 2.05) is 0 Å². The molecule has 136 valence electrons. The Morgan fingerprint density at radius 2 is 1.84 bits per heavy atom. The summed E-state index contributed by atoms with van der Waals surface area (Å²) in [6.07, 6.45) is 6.56. The molecule has 1 spiro atoms. The van der Waals surface area contributed by atoms with Gasteiger partial charge in [-0.3, -0.25) is 14.6 Å². The minimum atomic E-state index is -0.626. The van der Waals surface area contributed by atoms with E-state index in [1.165, 1.54) is 24.0 Å². The van der Waals surface area contributed by atoms with Crippen LogP contribution in [0.5, 0.6) is 0 Å². The average molecular weight is 342 g/mol. The van der Waals surface area contributed by atoms with Crippen LogP contribution in [-0.4, -0.2) is 59.1 Å². The number of aliphatic carboxylic acids is 1. The van der Waals surface area contributed by atoms with Gasteiger partial charge in [-0.2, -0.15) is 0 Å². The van der Waals surface area contributed by atoms with Crippen LogP contribution >= 0.6 is 0 Å². The number of rotatable bonds is 4. The van der Waals surface area contributed by atoms with Crippen molar-refractivity contribution in [2.24, 2.45) is 5.41 Å². The van der Waals surface area contributed by atoms with Gasteiger partial charge >= 0.3 is 5.97 Å². The molecule has 2 saturated heterocycles. The Kier molecular flexibility index (Phi) is 4.59. The number of likely N-dealkylation sites (tertiary alicyclic amines) is 2. The number of fused-ring (bicyclic) bond motifs is 1. The van der Waals surface area contributed by atoms with Crippen LogP contribution in [0.1, 0.15) is 43.7 Å². The fourth-order valence-corrected chi connectivity index (χ4v) is 5.43. The van der Waals surface area contributed by atoms with E-state index in [2.05, 4.69) is 41.0 Å². The lowest BCUT2D eigenvalue weighted by Gasteiger charge is -2.42. The van der Waals surface area contributed by atoms with E-state index in [1.54, 1.807) is 0 Å². The highest BCUT2D eigenvalue weighted by Crippen LogP contribution is 2.44. The fraction of sp³-hybridized carbons (Fsp3) is 0.667. The van der Waals surface area contributed by atoms with E-state index in [9.17, 15) is 9.90 Å². The van der Waals surface area contributed by atoms with Crippen LogP contribution < -0.4 is 0 Å². The Morgan fingerprint density at radius 1 is 1.20 bits per heavy atom. The predicted molar refractivity (Wildman–Crippen MR) is 98.8 cm³/mol. The third-order valence-corrected chi connectivity index (χ3v) is 6.81. The van der Waals surface area contributed by atoms with Crippen molar-refractivity contribution in [1.82, 2.24) is 9.80 Å². The lowest BCUT2D eigenvalue weighted by molar-refractivity contribution is -0.142. The molecule has 0 amide bonds. The second-order valence-electron chi connectivity index (χ2n) is 8.40. The third kappa shape index (κ3) is 3.22. The van der Waals surface area contributed by atoms with Crippen molar-refractivity contribution in [2.75, 3.05) is 26.2 Å². The number of carbonyl (C=O) groups is 1. The van der Waals surface area contributed by atoms with Crippen molar-refractivity contribution in [1.29, 1.82) is 0 Å². The SMILES string of the molecule is CCCN1CC2(CCN(C3Cc4ccccc4C3)CC2)C[C@H]1C(=O)O. The second-order valence-corrected chi connectivity index (χ2v) is 8.40. The molecule has 2 heterocycles. The van der Waals surface area contributed by atoms with Gasteiger partial charge in [-0.05, 0) is 74.7 Å². The maximum atomic E-state index is 11.7. The van der Waals surface area contributed by atoms with Gasteiger partial charge < -0.3 is 5.11 Å². The molecule has 0 aromatic heterocycles. The molecule has 0 bridgehead atoms. The minimum absolute atomic E-state index is 0.236. The van der Waals surface area contributed by atoms with Crippen LogP contribution in [-0.2, 0) is 17.6 Å². The smallest absolute Gasteiger partial charge is 0.320 e. The first-order valence-corrected chi connectivity index (χ1v) is 9.88. The molecule has 4 heteroatoms. The molecule has 1 aliphatic carbocycles. The number of benzene rings is 1. The van der Waals surface area contributed by atoms with Gasteiger partial charge in [-0.1, -0.05) is 31.2 Å². The summed E-state index contributed by atoms with van der Waals surface area (Å²) in [4.78, 5) is 16.6. The average Bonchev–Trinajstić information content (AvgIpc) is 3.18. The normalized spacial score (nSPS) is 27.0. The molecule has 0 radical (unpaired) electrons. The Balaban J connectivity index is 1.38. The topological polar surface area (TPSA) is 43.8 Å². The molecule has 2 aliphatic heterocycles. The van der Waals surface area contributed by atoms with Crippen LogP contribution in [0.4, 0.5) is 0 Å². The zero-order valence-electron chi connectivity index (χ0n) is 15.3. The van der Waals surface area contributed by atoms with Gasteiger partial charge in [0.1, 0.15) is 6.04 Å². The van der Waals surface area contributed by atoms with Crippen LogP contribution in [0, 0.1) is 5.41 Å². The van der Waals surface area contributed by atoms with Gasteiger partial charge in [-0.25, -0.2) is 0 Å². The molecule has 0 saturated carbocycles. The summed E-state index contributed by atoms with van der Waals surface area (Å²) in [5, 5.41) is 9.60. The first kappa shape index (κ1) is 17.0. The highest BCUT2D eigenvalue weighted by molar-refractivity contribution is 5.74. The van der Waals surface area contributed by atoms with E-state index in [0.717, 1.165) is 51.9 Å². The zero-order valence-corrected chi connectivity index (χ0v) is 15.3. The van der Waals surface area contributed by atoms with Crippen molar-refractivity contribution in [3.8, 4) is 0 Å². The molecule has 4 rings (SSSR count). The maximum absolute atomic E-state index is 11.7. The minimum Gasteiger partial charge on any atom is -0.480 e. The molecule has 1 N–H and O–H groups in total. The molecular weight excluding hydrogens is 312 g/mol. The number of nitrogens with zero attached hydrogens (tertiary/aromatic N) is 2. The third-order valence-electron chi connectivity index (χ3n) is 6.81. The van der Waals surface area contributed by atoms with Gasteiger partial charge in [0.2, 0.25) is 0 Å². The van der Waals surface area contributed by atoms with Crippen molar-refractivity contribution in [2.45, 2.75) is 57.5 Å². The number of carboxylic acids is 1. The first-order chi connectivity index (χ1) is 12.1. The fourth-order valence-electron chi connectivity index (χ4n) is 5.43. The van der Waals surface area contributed by atoms with Crippen molar-refractivity contribution in [3.05, 3.63) is 35.4 Å². The van der Waals surface area contributed by atoms with E-state index in [-0.39, 0.29) is 11.5 Å². The Labute approximate surface area is 150 Å². The van der Waals surface area contributed by atoms with Gasteiger partial charge in [0.05, 0.1) is 0 Å². The monoisotopic (exact) mass is 342 g/mol. The van der Waals surface area contributed by atoms with Crippen LogP contribution in [0.15, 0.2) is 24.3 Å². The van der Waals surface area contributed by atoms with E-state index < -0.39 is 5.97 Å². The number of hydrogen-bond donors (Lipinski definition) is 1. The Morgan fingerprint density at radius 3 is 2.40 bits per heavy atom. The predicted octanol–water partition coefficient (Wildman–Crippen LogP) is 2.80. The molecular formula is C21H30N2O2. The van der Waals surface area contributed by atoms with E-state index >= 15 is 0 Å². The van der Waals surface area contributed by atoms with Crippen molar-refractivity contribution in [3.63, 3.8) is 0 Å². The van der Waals surface area contributed by atoms with Gasteiger partial charge in [0.25, 0.3) is 0 Å². The molecule has 1 aromatic carbocycles. The molecule has 2 fully saturated rings. The van der Waals surface area contributed by atoms with Crippen molar-refractivity contribution < 1.29 is 9.90 Å². The summed E-state index contributed by atoms with van der Waals surface area (Å²) in [6.45, 7) is 6.30. The Bertz CT molecular complexity index is 612. The standard InChI is InChI=1S/C21H30N2O2/c1-2-9-23-15-21(14-19(23)20(24)25)7-10-22(11-8-21)18-12-16-5-3-4-6-17(16)13-18/h3-6,18-19H,2,7-15H2,1H3,(H,24,25)/t19-/m0/s1. The lowest BCUT2D eigenvalue weighted by Crippen LogP contribution is -2.46.